The molecule has 204 valence electrons. The Morgan fingerprint density at radius 1 is 1.05 bits per heavy atom. The van der Waals surface area contributed by atoms with Gasteiger partial charge >= 0.3 is 6.09 Å². The van der Waals surface area contributed by atoms with Gasteiger partial charge in [0.05, 0.1) is 12.2 Å². The van der Waals surface area contributed by atoms with Gasteiger partial charge < -0.3 is 19.3 Å². The molecule has 1 aliphatic heterocycles. The van der Waals surface area contributed by atoms with Crippen LogP contribution in [-0.2, 0) is 22.7 Å². The zero-order valence-corrected chi connectivity index (χ0v) is 24.3. The van der Waals surface area contributed by atoms with Crippen LogP contribution in [0.15, 0.2) is 71.2 Å². The fraction of sp³-hybridized carbons (Fsp3) is 0.267. The Morgan fingerprint density at radius 2 is 1.79 bits per heavy atom. The Labute approximate surface area is 241 Å². The Bertz CT molecular complexity index is 1390. The van der Waals surface area contributed by atoms with E-state index in [1.165, 1.54) is 18.2 Å². The van der Waals surface area contributed by atoms with Crippen LogP contribution in [0, 0.1) is 5.82 Å². The summed E-state index contributed by atoms with van der Waals surface area (Å²) in [7, 11) is 0. The Balaban J connectivity index is 1.55. The van der Waals surface area contributed by atoms with Crippen LogP contribution in [0.25, 0.3) is 6.08 Å². The van der Waals surface area contributed by atoms with Crippen LogP contribution in [0.4, 0.5) is 14.9 Å². The van der Waals surface area contributed by atoms with Crippen molar-refractivity contribution in [2.75, 3.05) is 18.0 Å². The summed E-state index contributed by atoms with van der Waals surface area (Å²) in [5.41, 5.74) is 2.34. The molecule has 39 heavy (non-hydrogen) atoms. The number of hydrogen-bond donors (Lipinski definition) is 0. The van der Waals surface area contributed by atoms with E-state index in [0.29, 0.717) is 35.1 Å². The predicted octanol–water partition coefficient (Wildman–Crippen LogP) is 7.62. The summed E-state index contributed by atoms with van der Waals surface area (Å²) in [5, 5.41) is 0.494. The first-order valence-corrected chi connectivity index (χ1v) is 13.6. The molecule has 0 bridgehead atoms. The third-order valence-electron chi connectivity index (χ3n) is 5.90. The van der Waals surface area contributed by atoms with Gasteiger partial charge in [-0.1, -0.05) is 45.7 Å². The van der Waals surface area contributed by atoms with Gasteiger partial charge in [0.2, 0.25) is 0 Å². The number of halogens is 3. The van der Waals surface area contributed by atoms with Crippen molar-refractivity contribution >= 4 is 51.3 Å². The fourth-order valence-corrected chi connectivity index (χ4v) is 4.56. The van der Waals surface area contributed by atoms with Crippen LogP contribution in [0.3, 0.4) is 0 Å². The van der Waals surface area contributed by atoms with Crippen molar-refractivity contribution in [2.45, 2.75) is 39.5 Å². The smallest absolute Gasteiger partial charge is 0.410 e. The van der Waals surface area contributed by atoms with Crippen molar-refractivity contribution in [1.29, 1.82) is 0 Å². The molecule has 3 aromatic carbocycles. The molecule has 0 N–H and O–H groups in total. The van der Waals surface area contributed by atoms with Gasteiger partial charge in [-0.2, -0.15) is 0 Å². The van der Waals surface area contributed by atoms with E-state index in [1.807, 2.05) is 39.0 Å². The molecular weight excluding hydrogens is 587 g/mol. The summed E-state index contributed by atoms with van der Waals surface area (Å²) < 4.78 is 25.6. The normalized spacial score (nSPS) is 13.7. The molecule has 0 spiro atoms. The number of amides is 2. The molecule has 9 heteroatoms. The first-order valence-electron chi connectivity index (χ1n) is 12.4. The third kappa shape index (κ3) is 7.83. The highest BCUT2D eigenvalue weighted by Gasteiger charge is 2.28. The molecule has 0 atom stereocenters. The largest absolute Gasteiger partial charge is 0.488 e. The number of carbonyl (C=O) groups is 2. The van der Waals surface area contributed by atoms with Crippen molar-refractivity contribution < 1.29 is 23.5 Å². The molecule has 0 aromatic heterocycles. The number of hydrogen-bond acceptors (Lipinski definition) is 4. The monoisotopic (exact) mass is 614 g/mol. The number of carbonyl (C=O) groups excluding carboxylic acids is 2. The fourth-order valence-electron chi connectivity index (χ4n) is 4.03. The van der Waals surface area contributed by atoms with Gasteiger partial charge in [-0.05, 0) is 80.4 Å². The minimum absolute atomic E-state index is 0.227. The summed E-state index contributed by atoms with van der Waals surface area (Å²) in [4.78, 5) is 29.6. The molecule has 0 saturated heterocycles. The second-order valence-electron chi connectivity index (χ2n) is 10.1. The van der Waals surface area contributed by atoms with E-state index >= 15 is 0 Å². The zero-order valence-electron chi connectivity index (χ0n) is 21.9. The quantitative estimate of drug-likeness (QED) is 0.277. The second kappa shape index (κ2) is 12.2. The van der Waals surface area contributed by atoms with Gasteiger partial charge in [-0.3, -0.25) is 4.79 Å². The lowest BCUT2D eigenvalue weighted by Crippen LogP contribution is -2.40. The standard InChI is InChI=1S/C30H29BrClFN2O4/c1-30(2,3)39-29(37)34-14-15-35(26-17-23(31)8-6-22(26)18-34)28(36)13-7-21-16-24(32)9-12-27(21)38-19-20-4-10-25(33)11-5-20/h4-13,16-17H,14-15,18-19H2,1-3H3/b13-7+. The SMILES string of the molecule is CC(C)(C)OC(=O)N1CCN(C(=O)/C=C/c2cc(Cl)ccc2OCc2ccc(F)cc2)c2cc(Br)ccc2C1. The van der Waals surface area contributed by atoms with Crippen molar-refractivity contribution in [3.05, 3.63) is 98.7 Å². The van der Waals surface area contributed by atoms with E-state index in [2.05, 4.69) is 15.9 Å². The van der Waals surface area contributed by atoms with Crippen LogP contribution in [-0.4, -0.2) is 35.6 Å². The number of fused-ring (bicyclic) bond motifs is 1. The summed E-state index contributed by atoms with van der Waals surface area (Å²) in [6.45, 7) is 6.61. The lowest BCUT2D eigenvalue weighted by molar-refractivity contribution is -0.114. The molecule has 0 fully saturated rings. The molecule has 0 saturated carbocycles. The number of benzene rings is 3. The molecule has 0 unspecified atom stereocenters. The molecule has 4 rings (SSSR count). The third-order valence-corrected chi connectivity index (χ3v) is 6.62. The van der Waals surface area contributed by atoms with Crippen molar-refractivity contribution in [1.82, 2.24) is 4.90 Å². The molecule has 6 nitrogen and oxygen atoms in total. The average Bonchev–Trinajstić information content (AvgIpc) is 3.06. The maximum absolute atomic E-state index is 13.5. The first-order chi connectivity index (χ1) is 18.5. The first kappa shape index (κ1) is 28.6. The molecule has 2 amide bonds. The van der Waals surface area contributed by atoms with E-state index in [4.69, 9.17) is 21.1 Å². The van der Waals surface area contributed by atoms with Crippen LogP contribution in [0.2, 0.25) is 5.02 Å². The maximum Gasteiger partial charge on any atom is 0.410 e. The minimum atomic E-state index is -0.627. The molecule has 1 aliphatic rings. The predicted molar refractivity (Wildman–Crippen MR) is 154 cm³/mol. The average molecular weight is 616 g/mol. The second-order valence-corrected chi connectivity index (χ2v) is 11.4. The Morgan fingerprint density at radius 3 is 2.51 bits per heavy atom. The summed E-state index contributed by atoms with van der Waals surface area (Å²) >= 11 is 9.73. The maximum atomic E-state index is 13.5. The lowest BCUT2D eigenvalue weighted by Gasteiger charge is -2.26. The van der Waals surface area contributed by atoms with E-state index in [-0.39, 0.29) is 24.9 Å². The number of rotatable bonds is 5. The van der Waals surface area contributed by atoms with Crippen LogP contribution >= 0.6 is 27.5 Å². The Hall–Kier alpha value is -3.36. The van der Waals surface area contributed by atoms with Gasteiger partial charge in [-0.15, -0.1) is 0 Å². The highest BCUT2D eigenvalue weighted by Crippen LogP contribution is 2.30. The van der Waals surface area contributed by atoms with Gasteiger partial charge in [0.1, 0.15) is 23.8 Å². The van der Waals surface area contributed by atoms with Crippen molar-refractivity contribution in [2.24, 2.45) is 0 Å². The van der Waals surface area contributed by atoms with E-state index in [1.54, 1.807) is 46.2 Å². The van der Waals surface area contributed by atoms with Gasteiger partial charge in [0, 0.05) is 34.2 Å². The molecule has 0 radical (unpaired) electrons. The van der Waals surface area contributed by atoms with Crippen molar-refractivity contribution in [3.8, 4) is 5.75 Å². The van der Waals surface area contributed by atoms with Gasteiger partial charge in [-0.25, -0.2) is 9.18 Å². The zero-order chi connectivity index (χ0) is 28.2. The highest BCUT2D eigenvalue weighted by atomic mass is 79.9. The van der Waals surface area contributed by atoms with Crippen LogP contribution in [0.5, 0.6) is 5.75 Å². The summed E-state index contributed by atoms with van der Waals surface area (Å²) in [5.74, 6) is -0.0450. The minimum Gasteiger partial charge on any atom is -0.488 e. The van der Waals surface area contributed by atoms with Gasteiger partial charge in [0.25, 0.3) is 5.91 Å². The van der Waals surface area contributed by atoms with E-state index in [9.17, 15) is 14.0 Å². The lowest BCUT2D eigenvalue weighted by atomic mass is 10.1. The Kier molecular flexibility index (Phi) is 8.97. The molecule has 1 heterocycles. The molecule has 0 aliphatic carbocycles. The molecule has 3 aromatic rings. The number of ether oxygens (including phenoxy) is 2. The van der Waals surface area contributed by atoms with Crippen LogP contribution in [0.1, 0.15) is 37.5 Å². The van der Waals surface area contributed by atoms with E-state index < -0.39 is 11.7 Å². The summed E-state index contributed by atoms with van der Waals surface area (Å²) in [6, 6.07) is 16.8. The number of anilines is 1. The number of nitrogens with zero attached hydrogens (tertiary/aromatic N) is 2. The molecular formula is C30H29BrClFN2O4. The van der Waals surface area contributed by atoms with Crippen LogP contribution < -0.4 is 9.64 Å². The van der Waals surface area contributed by atoms with Crippen molar-refractivity contribution in [3.63, 3.8) is 0 Å². The van der Waals surface area contributed by atoms with Gasteiger partial charge in [0.15, 0.2) is 0 Å². The highest BCUT2D eigenvalue weighted by molar-refractivity contribution is 9.10. The summed E-state index contributed by atoms with van der Waals surface area (Å²) in [6.07, 6.45) is 2.69. The van der Waals surface area contributed by atoms with E-state index in [0.717, 1.165) is 15.6 Å². The topological polar surface area (TPSA) is 59.1 Å².